The van der Waals surface area contributed by atoms with Crippen molar-refractivity contribution in [3.8, 4) is 0 Å². The number of nitrogens with zero attached hydrogens (tertiary/aromatic N) is 1. The van der Waals surface area contributed by atoms with Gasteiger partial charge in [-0.1, -0.05) is 0 Å². The summed E-state index contributed by atoms with van der Waals surface area (Å²) in [5.41, 5.74) is 10.1. The summed E-state index contributed by atoms with van der Waals surface area (Å²) in [6.45, 7) is 0. The highest BCUT2D eigenvalue weighted by Crippen LogP contribution is 1.98. The lowest BCUT2D eigenvalue weighted by Crippen LogP contribution is -2.39. The van der Waals surface area contributed by atoms with Crippen LogP contribution in [0, 0.1) is 0 Å². The first-order valence-electron chi connectivity index (χ1n) is 3.72. The monoisotopic (exact) mass is 245 g/mol. The van der Waals surface area contributed by atoms with E-state index >= 15 is 0 Å². The van der Waals surface area contributed by atoms with Crippen LogP contribution in [0.2, 0.25) is 0 Å². The zero-order valence-electron chi connectivity index (χ0n) is 8.13. The van der Waals surface area contributed by atoms with Gasteiger partial charge < -0.3 is 11.5 Å². The van der Waals surface area contributed by atoms with E-state index in [1.165, 1.54) is 14.1 Å². The predicted octanol–water partition coefficient (Wildman–Crippen LogP) is -1.50. The Labute approximate surface area is 90.1 Å². The number of hydrogen-bond acceptors (Lipinski definition) is 4. The van der Waals surface area contributed by atoms with E-state index in [9.17, 15) is 13.2 Å². The van der Waals surface area contributed by atoms with Crippen molar-refractivity contribution in [2.75, 3.05) is 19.8 Å². The Hall–Kier alpha value is -0.370. The fourth-order valence-electron chi connectivity index (χ4n) is 0.601. The van der Waals surface area contributed by atoms with Crippen LogP contribution in [0.5, 0.6) is 0 Å². The van der Waals surface area contributed by atoms with Gasteiger partial charge in [0, 0.05) is 14.1 Å². The summed E-state index contributed by atoms with van der Waals surface area (Å²) < 4.78 is 23.4. The van der Waals surface area contributed by atoms with Gasteiger partial charge in [0.2, 0.25) is 15.9 Å². The number of sulfonamides is 1. The van der Waals surface area contributed by atoms with Crippen molar-refractivity contribution in [3.63, 3.8) is 0 Å². The molecule has 0 aromatic heterocycles. The van der Waals surface area contributed by atoms with Gasteiger partial charge >= 0.3 is 0 Å². The van der Waals surface area contributed by atoms with Crippen LogP contribution < -0.4 is 11.5 Å². The number of carbonyl (C=O) groups excluding carboxylic acids is 1. The summed E-state index contributed by atoms with van der Waals surface area (Å²) in [6, 6.07) is -0.894. The summed E-state index contributed by atoms with van der Waals surface area (Å²) in [5, 5.41) is 0. The maximum absolute atomic E-state index is 11.2. The molecule has 0 bridgehead atoms. The zero-order chi connectivity index (χ0) is 10.6. The first-order chi connectivity index (χ1) is 5.77. The molecule has 6 nitrogen and oxygen atoms in total. The van der Waals surface area contributed by atoms with Crippen LogP contribution in [-0.2, 0) is 14.8 Å². The molecule has 0 aliphatic heterocycles. The maximum atomic E-state index is 11.2. The number of primary amides is 1. The standard InChI is InChI=1S/C6H15N3O3S.ClH/c1-9(2)13(11,12)4-3-5(7)6(8)10;/h5H,3-4,7H2,1-2H3,(H2,8,10);1H. The van der Waals surface area contributed by atoms with Crippen molar-refractivity contribution in [1.29, 1.82) is 0 Å². The van der Waals surface area contributed by atoms with E-state index in [-0.39, 0.29) is 24.6 Å². The lowest BCUT2D eigenvalue weighted by Gasteiger charge is -2.12. The minimum Gasteiger partial charge on any atom is -0.368 e. The largest absolute Gasteiger partial charge is 0.368 e. The number of halogens is 1. The Morgan fingerprint density at radius 2 is 1.86 bits per heavy atom. The van der Waals surface area contributed by atoms with Gasteiger partial charge in [-0.15, -0.1) is 12.4 Å². The maximum Gasteiger partial charge on any atom is 0.234 e. The highest BCUT2D eigenvalue weighted by molar-refractivity contribution is 7.89. The van der Waals surface area contributed by atoms with Crippen molar-refractivity contribution >= 4 is 28.3 Å². The van der Waals surface area contributed by atoms with Crippen LogP contribution in [-0.4, -0.2) is 44.5 Å². The molecule has 0 aliphatic carbocycles. The van der Waals surface area contributed by atoms with E-state index in [0.29, 0.717) is 0 Å². The molecule has 0 spiro atoms. The summed E-state index contributed by atoms with van der Waals surface area (Å²) in [5.74, 6) is -0.849. The van der Waals surface area contributed by atoms with Crippen molar-refractivity contribution in [2.24, 2.45) is 11.5 Å². The molecule has 0 heterocycles. The molecule has 1 unspecified atom stereocenters. The average molecular weight is 246 g/mol. The van der Waals surface area contributed by atoms with Gasteiger partial charge in [0.1, 0.15) is 0 Å². The predicted molar refractivity (Wildman–Crippen MR) is 56.5 cm³/mol. The molecule has 0 saturated carbocycles. The van der Waals surface area contributed by atoms with Gasteiger partial charge in [-0.3, -0.25) is 4.79 Å². The molecule has 1 amide bonds. The van der Waals surface area contributed by atoms with Crippen LogP contribution in [0.1, 0.15) is 6.42 Å². The van der Waals surface area contributed by atoms with E-state index in [0.717, 1.165) is 4.31 Å². The fraction of sp³-hybridized carbons (Fsp3) is 0.833. The minimum absolute atomic E-state index is 0. The second-order valence-electron chi connectivity index (χ2n) is 2.90. The van der Waals surface area contributed by atoms with Crippen molar-refractivity contribution in [2.45, 2.75) is 12.5 Å². The van der Waals surface area contributed by atoms with Crippen molar-refractivity contribution in [1.82, 2.24) is 4.31 Å². The van der Waals surface area contributed by atoms with Gasteiger partial charge in [0.15, 0.2) is 0 Å². The number of nitrogens with two attached hydrogens (primary N) is 2. The van der Waals surface area contributed by atoms with Crippen LogP contribution in [0.15, 0.2) is 0 Å². The van der Waals surface area contributed by atoms with Gasteiger partial charge in [0.25, 0.3) is 0 Å². The van der Waals surface area contributed by atoms with Crippen LogP contribution in [0.25, 0.3) is 0 Å². The number of hydrogen-bond donors (Lipinski definition) is 2. The zero-order valence-corrected chi connectivity index (χ0v) is 9.77. The second kappa shape index (κ2) is 6.18. The number of amides is 1. The third-order valence-corrected chi connectivity index (χ3v) is 3.47. The molecular weight excluding hydrogens is 230 g/mol. The van der Waals surface area contributed by atoms with Gasteiger partial charge in [-0.05, 0) is 6.42 Å². The summed E-state index contributed by atoms with van der Waals surface area (Å²) in [6.07, 6.45) is 0.0514. The van der Waals surface area contributed by atoms with Gasteiger partial charge in [-0.25, -0.2) is 12.7 Å². The first-order valence-corrected chi connectivity index (χ1v) is 5.33. The Kier molecular flexibility index (Phi) is 7.09. The molecule has 0 aliphatic rings. The molecule has 0 fully saturated rings. The highest BCUT2D eigenvalue weighted by Gasteiger charge is 2.17. The second-order valence-corrected chi connectivity index (χ2v) is 5.20. The van der Waals surface area contributed by atoms with Gasteiger partial charge in [0.05, 0.1) is 11.8 Å². The van der Waals surface area contributed by atoms with E-state index in [1.807, 2.05) is 0 Å². The third kappa shape index (κ3) is 5.38. The van der Waals surface area contributed by atoms with Crippen LogP contribution in [0.4, 0.5) is 0 Å². The highest BCUT2D eigenvalue weighted by atomic mass is 35.5. The molecule has 0 rings (SSSR count). The summed E-state index contributed by atoms with van der Waals surface area (Å²) in [7, 11) is -0.438. The average Bonchev–Trinajstić information content (AvgIpc) is 1.99. The smallest absolute Gasteiger partial charge is 0.234 e. The molecule has 86 valence electrons. The lowest BCUT2D eigenvalue weighted by molar-refractivity contribution is -0.119. The molecule has 14 heavy (non-hydrogen) atoms. The molecule has 8 heteroatoms. The number of rotatable bonds is 5. The van der Waals surface area contributed by atoms with Gasteiger partial charge in [-0.2, -0.15) is 0 Å². The topological polar surface area (TPSA) is 106 Å². The van der Waals surface area contributed by atoms with Crippen molar-refractivity contribution in [3.05, 3.63) is 0 Å². The third-order valence-electron chi connectivity index (χ3n) is 1.61. The lowest BCUT2D eigenvalue weighted by atomic mass is 10.2. The molecule has 0 aromatic rings. The molecule has 0 saturated heterocycles. The Bertz CT molecular complexity index is 278. The molecule has 4 N–H and O–H groups in total. The van der Waals surface area contributed by atoms with Crippen molar-refractivity contribution < 1.29 is 13.2 Å². The minimum atomic E-state index is -3.28. The molecular formula is C6H16ClN3O3S. The summed E-state index contributed by atoms with van der Waals surface area (Å²) >= 11 is 0. The normalized spacial score (nSPS) is 13.4. The van der Waals surface area contributed by atoms with E-state index in [4.69, 9.17) is 11.5 Å². The quantitative estimate of drug-likeness (QED) is 0.615. The number of carbonyl (C=O) groups is 1. The Balaban J connectivity index is 0. The Morgan fingerprint density at radius 1 is 1.43 bits per heavy atom. The van der Waals surface area contributed by atoms with Crippen LogP contribution >= 0.6 is 12.4 Å². The van der Waals surface area contributed by atoms with E-state index < -0.39 is 22.0 Å². The fourth-order valence-corrected chi connectivity index (χ4v) is 1.52. The SMILES string of the molecule is CN(C)S(=O)(=O)CCC(N)C(N)=O.Cl. The molecule has 0 aromatic carbocycles. The van der Waals surface area contributed by atoms with E-state index in [1.54, 1.807) is 0 Å². The first kappa shape index (κ1) is 16.1. The molecule has 1 atom stereocenters. The van der Waals surface area contributed by atoms with Crippen LogP contribution in [0.3, 0.4) is 0 Å². The van der Waals surface area contributed by atoms with E-state index in [2.05, 4.69) is 0 Å². The summed E-state index contributed by atoms with van der Waals surface area (Å²) in [4.78, 5) is 10.5. The Morgan fingerprint density at radius 3 is 2.14 bits per heavy atom. The molecule has 0 radical (unpaired) electrons.